The average molecular weight is 478 g/mol. The van der Waals surface area contributed by atoms with E-state index >= 15 is 0 Å². The number of tetrazole rings is 1. The Bertz CT molecular complexity index is 1310. The van der Waals surface area contributed by atoms with Crippen LogP contribution >= 0.6 is 11.3 Å². The monoisotopic (exact) mass is 478 g/mol. The van der Waals surface area contributed by atoms with Crippen molar-refractivity contribution in [2.75, 3.05) is 18.0 Å². The maximum Gasteiger partial charge on any atom is 0.419 e. The van der Waals surface area contributed by atoms with E-state index in [1.807, 2.05) is 4.90 Å². The van der Waals surface area contributed by atoms with Gasteiger partial charge in [0, 0.05) is 25.9 Å². The molecule has 0 bridgehead atoms. The maximum atomic E-state index is 13.2. The Morgan fingerprint density at radius 3 is 2.70 bits per heavy atom. The number of fused-ring (bicyclic) bond motifs is 1. The molecular formula is C19H17F3N8O2S. The Morgan fingerprint density at radius 1 is 1.18 bits per heavy atom. The molecule has 1 saturated heterocycles. The molecule has 0 saturated carbocycles. The second kappa shape index (κ2) is 8.42. The third-order valence-corrected chi connectivity index (χ3v) is 6.32. The summed E-state index contributed by atoms with van der Waals surface area (Å²) in [4.78, 5) is 26.1. The minimum absolute atomic E-state index is 0.159. The van der Waals surface area contributed by atoms with Crippen molar-refractivity contribution in [3.63, 3.8) is 0 Å². The third kappa shape index (κ3) is 4.51. The van der Waals surface area contributed by atoms with Crippen LogP contribution in [0.2, 0.25) is 0 Å². The van der Waals surface area contributed by atoms with Gasteiger partial charge in [-0.05, 0) is 12.1 Å². The van der Waals surface area contributed by atoms with Gasteiger partial charge >= 0.3 is 6.18 Å². The first kappa shape index (κ1) is 21.3. The molecule has 1 fully saturated rings. The van der Waals surface area contributed by atoms with Crippen LogP contribution in [0.4, 0.5) is 18.3 Å². The summed E-state index contributed by atoms with van der Waals surface area (Å²) < 4.78 is 45.7. The predicted molar refractivity (Wildman–Crippen MR) is 112 cm³/mol. The van der Waals surface area contributed by atoms with Gasteiger partial charge in [-0.1, -0.05) is 28.7 Å². The van der Waals surface area contributed by atoms with E-state index in [0.29, 0.717) is 53.1 Å². The van der Waals surface area contributed by atoms with E-state index < -0.39 is 11.7 Å². The lowest BCUT2D eigenvalue weighted by Crippen LogP contribution is -2.38. The number of nitrogens with one attached hydrogen (secondary N) is 2. The van der Waals surface area contributed by atoms with Gasteiger partial charge in [-0.3, -0.25) is 4.79 Å². The minimum atomic E-state index is -4.47. The van der Waals surface area contributed by atoms with Gasteiger partial charge in [-0.15, -0.1) is 10.2 Å². The Balaban J connectivity index is 1.28. The van der Waals surface area contributed by atoms with E-state index in [1.54, 1.807) is 0 Å². The molecule has 10 nitrogen and oxygen atoms in total. The van der Waals surface area contributed by atoms with E-state index in [0.717, 1.165) is 6.07 Å². The molecule has 4 heterocycles. The summed E-state index contributed by atoms with van der Waals surface area (Å²) in [5.74, 6) is 0.608. The highest BCUT2D eigenvalue weighted by Crippen LogP contribution is 2.37. The van der Waals surface area contributed by atoms with Gasteiger partial charge in [0.2, 0.25) is 0 Å². The number of rotatable bonds is 5. The van der Waals surface area contributed by atoms with Crippen LogP contribution in [0.25, 0.3) is 10.3 Å². The fourth-order valence-electron chi connectivity index (χ4n) is 3.64. The third-order valence-electron chi connectivity index (χ3n) is 5.22. The van der Waals surface area contributed by atoms with Gasteiger partial charge in [0.25, 0.3) is 5.56 Å². The van der Waals surface area contributed by atoms with E-state index in [1.165, 1.54) is 29.5 Å². The zero-order valence-electron chi connectivity index (χ0n) is 17.0. The second-order valence-corrected chi connectivity index (χ2v) is 8.44. The largest absolute Gasteiger partial charge is 0.490 e. The Hall–Kier alpha value is -3.55. The zero-order chi connectivity index (χ0) is 23.0. The molecule has 1 aromatic carbocycles. The molecular weight excluding hydrogens is 461 g/mol. The predicted octanol–water partition coefficient (Wildman–Crippen LogP) is 2.55. The minimum Gasteiger partial charge on any atom is -0.490 e. The fourth-order valence-corrected chi connectivity index (χ4v) is 4.60. The highest BCUT2D eigenvalue weighted by Gasteiger charge is 2.35. The number of piperidine rings is 1. The van der Waals surface area contributed by atoms with Crippen LogP contribution in [0.5, 0.6) is 5.75 Å². The number of alkyl halides is 3. The molecule has 0 radical (unpaired) electrons. The first-order chi connectivity index (χ1) is 15.9. The van der Waals surface area contributed by atoms with Crippen molar-refractivity contribution < 1.29 is 17.9 Å². The number of hydrogen-bond acceptors (Lipinski definition) is 9. The van der Waals surface area contributed by atoms with Crippen LogP contribution in [0.1, 0.15) is 30.1 Å². The van der Waals surface area contributed by atoms with Crippen LogP contribution in [0.15, 0.2) is 29.1 Å². The second-order valence-electron chi connectivity index (χ2n) is 7.46. The molecule has 0 unspecified atom stereocenters. The molecule has 3 aromatic heterocycles. The quantitative estimate of drug-likeness (QED) is 0.448. The number of hydrogen-bond donors (Lipinski definition) is 2. The molecule has 4 aromatic rings. The van der Waals surface area contributed by atoms with Crippen molar-refractivity contribution in [1.82, 2.24) is 35.6 Å². The van der Waals surface area contributed by atoms with Gasteiger partial charge < -0.3 is 14.6 Å². The number of thiazole rings is 1. The van der Waals surface area contributed by atoms with Crippen LogP contribution in [-0.2, 0) is 12.6 Å². The highest BCUT2D eigenvalue weighted by molar-refractivity contribution is 7.22. The number of aromatic nitrogens is 7. The fraction of sp³-hybridized carbons (Fsp3) is 0.368. The van der Waals surface area contributed by atoms with Crippen LogP contribution in [0, 0.1) is 0 Å². The molecule has 0 atom stereocenters. The molecule has 0 amide bonds. The summed E-state index contributed by atoms with van der Waals surface area (Å²) >= 11 is 1.23. The van der Waals surface area contributed by atoms with Gasteiger partial charge in [0.05, 0.1) is 12.0 Å². The first-order valence-corrected chi connectivity index (χ1v) is 10.9. The molecule has 1 aliphatic rings. The van der Waals surface area contributed by atoms with Gasteiger partial charge in [-0.2, -0.15) is 23.4 Å². The number of H-pyrrole nitrogens is 2. The Labute approximate surface area is 187 Å². The standard InChI is InChI=1S/C19H17F3N8O2S/c20-19(21,22)11-3-1-2-4-12(11)32-10-5-7-30(8-6-10)18-25-16-15(33-18)17(31)24-13(23-16)9-14-26-28-29-27-14/h1-4,10H,5-9H2,(H,23,24,31)(H,26,27,28,29). The van der Waals surface area contributed by atoms with Gasteiger partial charge in [-0.25, -0.2) is 4.98 Å². The van der Waals surface area contributed by atoms with Crippen molar-refractivity contribution in [3.05, 3.63) is 51.8 Å². The topological polar surface area (TPSA) is 126 Å². The van der Waals surface area contributed by atoms with Gasteiger partial charge in [0.1, 0.15) is 22.4 Å². The summed E-state index contributed by atoms with van der Waals surface area (Å²) in [6.07, 6.45) is -3.57. The van der Waals surface area contributed by atoms with Crippen LogP contribution in [0.3, 0.4) is 0 Å². The highest BCUT2D eigenvalue weighted by atomic mass is 32.1. The lowest BCUT2D eigenvalue weighted by atomic mass is 10.1. The SMILES string of the molecule is O=c1[nH]c(Cc2nn[nH]n2)nc2nc(N3CCC(Oc4ccccc4C(F)(F)F)CC3)sc12. The summed E-state index contributed by atoms with van der Waals surface area (Å²) in [7, 11) is 0. The number of anilines is 1. The molecule has 5 rings (SSSR count). The molecule has 172 valence electrons. The number of ether oxygens (including phenoxy) is 1. The first-order valence-electron chi connectivity index (χ1n) is 10.1. The van der Waals surface area contributed by atoms with E-state index in [-0.39, 0.29) is 23.8 Å². The lowest BCUT2D eigenvalue weighted by Gasteiger charge is -2.32. The molecule has 14 heteroatoms. The summed E-state index contributed by atoms with van der Waals surface area (Å²) in [6, 6.07) is 5.23. The Morgan fingerprint density at radius 2 is 1.97 bits per heavy atom. The number of halogens is 3. The Kier molecular flexibility index (Phi) is 5.44. The van der Waals surface area contributed by atoms with Crippen LogP contribution in [-0.4, -0.2) is 54.8 Å². The number of aromatic amines is 2. The molecule has 0 aliphatic carbocycles. The average Bonchev–Trinajstić information content (AvgIpc) is 3.44. The van der Waals surface area contributed by atoms with Gasteiger partial charge in [0.15, 0.2) is 16.6 Å². The van der Waals surface area contributed by atoms with E-state index in [4.69, 9.17) is 4.74 Å². The normalized spacial score (nSPS) is 15.3. The van der Waals surface area contributed by atoms with E-state index in [2.05, 4.69) is 35.6 Å². The van der Waals surface area contributed by atoms with E-state index in [9.17, 15) is 18.0 Å². The molecule has 2 N–H and O–H groups in total. The van der Waals surface area contributed by atoms with Crippen molar-refractivity contribution in [1.29, 1.82) is 0 Å². The summed E-state index contributed by atoms with van der Waals surface area (Å²) in [6.45, 7) is 1.07. The lowest BCUT2D eigenvalue weighted by molar-refractivity contribution is -0.139. The maximum absolute atomic E-state index is 13.2. The van der Waals surface area contributed by atoms with Crippen molar-refractivity contribution in [2.24, 2.45) is 0 Å². The molecule has 0 spiro atoms. The number of nitrogens with zero attached hydrogens (tertiary/aromatic N) is 6. The summed E-state index contributed by atoms with van der Waals surface area (Å²) in [5, 5.41) is 14.1. The van der Waals surface area contributed by atoms with Crippen LogP contribution < -0.4 is 15.2 Å². The van der Waals surface area contributed by atoms with Crippen molar-refractivity contribution >= 4 is 26.8 Å². The van der Waals surface area contributed by atoms with Crippen molar-refractivity contribution in [2.45, 2.75) is 31.5 Å². The van der Waals surface area contributed by atoms with Crippen molar-refractivity contribution in [3.8, 4) is 5.75 Å². The number of para-hydroxylation sites is 1. The summed E-state index contributed by atoms with van der Waals surface area (Å²) in [5.41, 5.74) is -0.750. The zero-order valence-corrected chi connectivity index (χ0v) is 17.8. The number of benzene rings is 1. The smallest absolute Gasteiger partial charge is 0.419 e. The molecule has 1 aliphatic heterocycles. The molecule has 33 heavy (non-hydrogen) atoms.